The maximum atomic E-state index is 11.7. The Morgan fingerprint density at radius 1 is 1.50 bits per heavy atom. The van der Waals surface area contributed by atoms with Crippen molar-refractivity contribution in [2.45, 2.75) is 6.92 Å². The standard InChI is InChI=1S/C12H13BrN4O3/c1-7-5-8(20-11(7)13)12(19)14-6-10(18)15-9-3-4-17(2)16-9/h3-5H,6H2,1-2H3,(H,14,19)(H,15,16,18). The van der Waals surface area contributed by atoms with Crippen LogP contribution >= 0.6 is 15.9 Å². The number of anilines is 1. The fourth-order valence-corrected chi connectivity index (χ4v) is 1.78. The smallest absolute Gasteiger partial charge is 0.287 e. The van der Waals surface area contributed by atoms with Gasteiger partial charge in [0.05, 0.1) is 6.54 Å². The predicted molar refractivity (Wildman–Crippen MR) is 75.3 cm³/mol. The van der Waals surface area contributed by atoms with Gasteiger partial charge in [-0.05, 0) is 28.9 Å². The number of hydrogen-bond donors (Lipinski definition) is 2. The molecule has 0 fully saturated rings. The lowest BCUT2D eigenvalue weighted by molar-refractivity contribution is -0.115. The van der Waals surface area contributed by atoms with Crippen LogP contribution in [0.25, 0.3) is 0 Å². The molecule has 0 aromatic carbocycles. The average molecular weight is 341 g/mol. The highest BCUT2D eigenvalue weighted by Gasteiger charge is 2.14. The quantitative estimate of drug-likeness (QED) is 0.881. The second-order valence-electron chi connectivity index (χ2n) is 4.17. The molecule has 2 aromatic heterocycles. The number of hydrogen-bond acceptors (Lipinski definition) is 4. The average Bonchev–Trinajstić information content (AvgIpc) is 2.94. The van der Waals surface area contributed by atoms with Crippen LogP contribution in [0.5, 0.6) is 0 Å². The number of carbonyl (C=O) groups excluding carboxylic acids is 2. The third-order valence-corrected chi connectivity index (χ3v) is 3.26. The summed E-state index contributed by atoms with van der Waals surface area (Å²) in [5.41, 5.74) is 0.813. The Kier molecular flexibility index (Phi) is 4.23. The zero-order valence-electron chi connectivity index (χ0n) is 10.9. The molecule has 0 aliphatic rings. The summed E-state index contributed by atoms with van der Waals surface area (Å²) in [6.45, 7) is 1.64. The van der Waals surface area contributed by atoms with Crippen LogP contribution in [0.15, 0.2) is 27.4 Å². The van der Waals surface area contributed by atoms with Gasteiger partial charge in [0, 0.05) is 24.9 Å². The molecule has 0 saturated carbocycles. The number of furan rings is 1. The number of amides is 2. The van der Waals surface area contributed by atoms with Gasteiger partial charge in [-0.15, -0.1) is 0 Å². The SMILES string of the molecule is Cc1cc(C(=O)NCC(=O)Nc2ccn(C)n2)oc1Br. The number of nitrogens with one attached hydrogen (secondary N) is 2. The van der Waals surface area contributed by atoms with E-state index in [0.29, 0.717) is 10.5 Å². The lowest BCUT2D eigenvalue weighted by Gasteiger charge is -2.03. The van der Waals surface area contributed by atoms with Crippen molar-refractivity contribution in [1.29, 1.82) is 0 Å². The second-order valence-corrected chi connectivity index (χ2v) is 4.89. The van der Waals surface area contributed by atoms with E-state index >= 15 is 0 Å². The van der Waals surface area contributed by atoms with Crippen molar-refractivity contribution in [3.05, 3.63) is 34.3 Å². The van der Waals surface area contributed by atoms with Crippen LogP contribution < -0.4 is 10.6 Å². The van der Waals surface area contributed by atoms with E-state index in [1.54, 1.807) is 37.0 Å². The van der Waals surface area contributed by atoms with E-state index in [1.165, 1.54) is 0 Å². The van der Waals surface area contributed by atoms with Gasteiger partial charge >= 0.3 is 0 Å². The fourth-order valence-electron chi connectivity index (χ4n) is 1.49. The molecule has 2 heterocycles. The minimum Gasteiger partial charge on any atom is -0.444 e. The second kappa shape index (κ2) is 5.91. The molecule has 0 aliphatic carbocycles. The molecule has 2 rings (SSSR count). The topological polar surface area (TPSA) is 89.2 Å². The van der Waals surface area contributed by atoms with E-state index in [4.69, 9.17) is 4.42 Å². The summed E-state index contributed by atoms with van der Waals surface area (Å²) >= 11 is 3.17. The van der Waals surface area contributed by atoms with Crippen LogP contribution in [0.4, 0.5) is 5.82 Å². The lowest BCUT2D eigenvalue weighted by Crippen LogP contribution is -2.32. The highest BCUT2D eigenvalue weighted by atomic mass is 79.9. The first-order valence-corrected chi connectivity index (χ1v) is 6.58. The van der Waals surface area contributed by atoms with E-state index < -0.39 is 5.91 Å². The molecule has 0 spiro atoms. The highest BCUT2D eigenvalue weighted by molar-refractivity contribution is 9.10. The Bertz CT molecular complexity index is 627. The Balaban J connectivity index is 1.85. The molecular weight excluding hydrogens is 328 g/mol. The summed E-state index contributed by atoms with van der Waals surface area (Å²) in [5, 5.41) is 9.03. The van der Waals surface area contributed by atoms with Crippen molar-refractivity contribution >= 4 is 33.6 Å². The van der Waals surface area contributed by atoms with Gasteiger partial charge in [-0.25, -0.2) is 0 Å². The number of rotatable bonds is 4. The van der Waals surface area contributed by atoms with Crippen molar-refractivity contribution in [3.8, 4) is 0 Å². The normalized spacial score (nSPS) is 10.3. The maximum absolute atomic E-state index is 11.7. The van der Waals surface area contributed by atoms with Gasteiger partial charge in [-0.1, -0.05) is 0 Å². The Morgan fingerprint density at radius 3 is 2.80 bits per heavy atom. The third kappa shape index (κ3) is 3.47. The zero-order chi connectivity index (χ0) is 14.7. The molecule has 20 heavy (non-hydrogen) atoms. The molecule has 0 radical (unpaired) electrons. The Morgan fingerprint density at radius 2 is 2.25 bits per heavy atom. The van der Waals surface area contributed by atoms with Crippen molar-refractivity contribution in [2.24, 2.45) is 7.05 Å². The number of halogens is 1. The van der Waals surface area contributed by atoms with Crippen LogP contribution in [0.2, 0.25) is 0 Å². The van der Waals surface area contributed by atoms with E-state index in [1.807, 2.05) is 0 Å². The van der Waals surface area contributed by atoms with Gasteiger partial charge in [-0.2, -0.15) is 5.10 Å². The van der Waals surface area contributed by atoms with Gasteiger partial charge in [-0.3, -0.25) is 14.3 Å². The van der Waals surface area contributed by atoms with E-state index in [9.17, 15) is 9.59 Å². The maximum Gasteiger partial charge on any atom is 0.287 e. The summed E-state index contributed by atoms with van der Waals surface area (Å²) in [5.74, 6) is -0.224. The van der Waals surface area contributed by atoms with E-state index in [0.717, 1.165) is 5.56 Å². The molecule has 7 nitrogen and oxygen atoms in total. The minimum atomic E-state index is -0.449. The van der Waals surface area contributed by atoms with Crippen LogP contribution in [0.1, 0.15) is 16.1 Å². The fraction of sp³-hybridized carbons (Fsp3) is 0.250. The van der Waals surface area contributed by atoms with Gasteiger partial charge in [0.15, 0.2) is 16.2 Å². The lowest BCUT2D eigenvalue weighted by atomic mass is 10.3. The first-order valence-electron chi connectivity index (χ1n) is 5.79. The monoisotopic (exact) mass is 340 g/mol. The largest absolute Gasteiger partial charge is 0.444 e. The summed E-state index contributed by atoms with van der Waals surface area (Å²) in [6, 6.07) is 3.25. The predicted octanol–water partition coefficient (Wildman–Crippen LogP) is 1.45. The van der Waals surface area contributed by atoms with Crippen LogP contribution in [0.3, 0.4) is 0 Å². The number of aromatic nitrogens is 2. The first kappa shape index (κ1) is 14.3. The molecule has 0 bridgehead atoms. The molecule has 2 N–H and O–H groups in total. The molecule has 0 atom stereocenters. The van der Waals surface area contributed by atoms with Gasteiger partial charge in [0.2, 0.25) is 5.91 Å². The zero-order valence-corrected chi connectivity index (χ0v) is 12.5. The van der Waals surface area contributed by atoms with Gasteiger partial charge in [0.25, 0.3) is 5.91 Å². The number of nitrogens with zero attached hydrogens (tertiary/aromatic N) is 2. The van der Waals surface area contributed by atoms with E-state index in [-0.39, 0.29) is 18.2 Å². The molecule has 0 saturated heterocycles. The molecule has 0 unspecified atom stereocenters. The van der Waals surface area contributed by atoms with Gasteiger partial charge < -0.3 is 15.1 Å². The number of aryl methyl sites for hydroxylation is 2. The summed E-state index contributed by atoms with van der Waals surface area (Å²) in [4.78, 5) is 23.4. The van der Waals surface area contributed by atoms with Crippen molar-refractivity contribution in [2.75, 3.05) is 11.9 Å². The number of carbonyl (C=O) groups is 2. The highest BCUT2D eigenvalue weighted by Crippen LogP contribution is 2.20. The van der Waals surface area contributed by atoms with Gasteiger partial charge in [0.1, 0.15) is 0 Å². The first-order chi connectivity index (χ1) is 9.45. The molecule has 0 aliphatic heterocycles. The molecule has 2 aromatic rings. The van der Waals surface area contributed by atoms with Crippen LogP contribution in [0, 0.1) is 6.92 Å². The summed E-state index contributed by atoms with van der Waals surface area (Å²) in [7, 11) is 1.74. The molecule has 106 valence electrons. The molecule has 8 heteroatoms. The Hall–Kier alpha value is -2.09. The molecular formula is C12H13BrN4O3. The van der Waals surface area contributed by atoms with Crippen molar-refractivity contribution < 1.29 is 14.0 Å². The van der Waals surface area contributed by atoms with E-state index in [2.05, 4.69) is 31.7 Å². The Labute approximate surface area is 123 Å². The summed E-state index contributed by atoms with van der Waals surface area (Å²) in [6.07, 6.45) is 1.71. The molecule has 2 amide bonds. The minimum absolute atomic E-state index is 0.153. The van der Waals surface area contributed by atoms with Crippen molar-refractivity contribution in [3.63, 3.8) is 0 Å². The van der Waals surface area contributed by atoms with Crippen LogP contribution in [-0.4, -0.2) is 28.1 Å². The van der Waals surface area contributed by atoms with Crippen LogP contribution in [-0.2, 0) is 11.8 Å². The summed E-state index contributed by atoms with van der Waals surface area (Å²) < 4.78 is 7.25. The van der Waals surface area contributed by atoms with Crippen molar-refractivity contribution in [1.82, 2.24) is 15.1 Å². The third-order valence-electron chi connectivity index (χ3n) is 2.47.